The summed E-state index contributed by atoms with van der Waals surface area (Å²) in [5.74, 6) is 0. The Hall–Kier alpha value is -2.16. The van der Waals surface area contributed by atoms with Crippen molar-refractivity contribution in [3.63, 3.8) is 0 Å². The molecule has 0 atom stereocenters. The van der Waals surface area contributed by atoms with Gasteiger partial charge >= 0.3 is 0 Å². The van der Waals surface area contributed by atoms with Gasteiger partial charge in [0, 0.05) is 12.1 Å². The first-order chi connectivity index (χ1) is 8.09. The molecule has 2 aromatic carbocycles. The molecule has 3 nitrogen and oxygen atoms in total. The minimum Gasteiger partial charge on any atom is -0.258 e. The lowest BCUT2D eigenvalue weighted by molar-refractivity contribution is -0.384. The Labute approximate surface area is 99.9 Å². The van der Waals surface area contributed by atoms with Gasteiger partial charge < -0.3 is 0 Å². The molecular formula is C14H12NO2. The van der Waals surface area contributed by atoms with Crippen molar-refractivity contribution in [2.75, 3.05) is 0 Å². The van der Waals surface area contributed by atoms with Crippen molar-refractivity contribution in [3.05, 3.63) is 63.7 Å². The quantitative estimate of drug-likeness (QED) is 0.579. The van der Waals surface area contributed by atoms with Crippen LogP contribution in [0.1, 0.15) is 11.1 Å². The van der Waals surface area contributed by atoms with Crippen LogP contribution in [-0.4, -0.2) is 4.92 Å². The van der Waals surface area contributed by atoms with E-state index in [1.807, 2.05) is 32.0 Å². The van der Waals surface area contributed by atoms with E-state index >= 15 is 0 Å². The van der Waals surface area contributed by atoms with Gasteiger partial charge in [-0.2, -0.15) is 0 Å². The SMILES string of the molecule is Cc1cccc(C)c1-c1[c]ccc([N+](=O)[O-])c1. The van der Waals surface area contributed by atoms with Crippen LogP contribution in [0.4, 0.5) is 5.69 Å². The van der Waals surface area contributed by atoms with E-state index in [4.69, 9.17) is 0 Å². The summed E-state index contributed by atoms with van der Waals surface area (Å²) >= 11 is 0. The summed E-state index contributed by atoms with van der Waals surface area (Å²) in [6, 6.07) is 13.6. The third-order valence-electron chi connectivity index (χ3n) is 2.75. The van der Waals surface area contributed by atoms with Gasteiger partial charge in [-0.25, -0.2) is 0 Å². The number of nitrogens with zero attached hydrogens (tertiary/aromatic N) is 1. The summed E-state index contributed by atoms with van der Waals surface area (Å²) < 4.78 is 0. The van der Waals surface area contributed by atoms with E-state index < -0.39 is 0 Å². The predicted molar refractivity (Wildman–Crippen MR) is 66.8 cm³/mol. The van der Waals surface area contributed by atoms with Crippen LogP contribution in [0.5, 0.6) is 0 Å². The normalized spacial score (nSPS) is 10.2. The molecule has 0 bridgehead atoms. The van der Waals surface area contributed by atoms with Gasteiger partial charge in [-0.1, -0.05) is 18.2 Å². The highest BCUT2D eigenvalue weighted by atomic mass is 16.6. The summed E-state index contributed by atoms with van der Waals surface area (Å²) in [5, 5.41) is 10.7. The number of rotatable bonds is 2. The number of nitro benzene ring substituents is 1. The van der Waals surface area contributed by atoms with Crippen molar-refractivity contribution in [1.82, 2.24) is 0 Å². The Bertz CT molecular complexity index is 556. The van der Waals surface area contributed by atoms with E-state index in [0.29, 0.717) is 0 Å². The van der Waals surface area contributed by atoms with E-state index in [2.05, 4.69) is 6.07 Å². The highest BCUT2D eigenvalue weighted by molar-refractivity contribution is 5.71. The molecule has 17 heavy (non-hydrogen) atoms. The molecule has 0 aliphatic rings. The monoisotopic (exact) mass is 226 g/mol. The summed E-state index contributed by atoms with van der Waals surface area (Å²) in [6.07, 6.45) is 0. The van der Waals surface area contributed by atoms with Crippen LogP contribution in [0.2, 0.25) is 0 Å². The van der Waals surface area contributed by atoms with Gasteiger partial charge in [-0.15, -0.1) is 0 Å². The van der Waals surface area contributed by atoms with Crippen molar-refractivity contribution < 1.29 is 4.92 Å². The van der Waals surface area contributed by atoms with Crippen LogP contribution in [-0.2, 0) is 0 Å². The molecule has 2 rings (SSSR count). The molecule has 0 saturated carbocycles. The summed E-state index contributed by atoms with van der Waals surface area (Å²) in [6.45, 7) is 3.99. The molecule has 2 aromatic rings. The largest absolute Gasteiger partial charge is 0.270 e. The molecule has 0 spiro atoms. The molecule has 3 heteroatoms. The van der Waals surface area contributed by atoms with Crippen LogP contribution in [0.3, 0.4) is 0 Å². The van der Waals surface area contributed by atoms with Crippen molar-refractivity contribution in [2.24, 2.45) is 0 Å². The molecule has 0 aromatic heterocycles. The molecule has 0 aliphatic heterocycles. The molecule has 0 heterocycles. The number of hydrogen-bond donors (Lipinski definition) is 0. The molecular weight excluding hydrogens is 214 g/mol. The predicted octanol–water partition coefficient (Wildman–Crippen LogP) is 3.68. The minimum absolute atomic E-state index is 0.0985. The zero-order valence-electron chi connectivity index (χ0n) is 9.73. The van der Waals surface area contributed by atoms with Crippen molar-refractivity contribution in [2.45, 2.75) is 13.8 Å². The minimum atomic E-state index is -0.384. The van der Waals surface area contributed by atoms with Crippen LogP contribution < -0.4 is 0 Å². The summed E-state index contributed by atoms with van der Waals surface area (Å²) in [4.78, 5) is 10.4. The maximum atomic E-state index is 10.7. The fourth-order valence-corrected chi connectivity index (χ4v) is 1.95. The van der Waals surface area contributed by atoms with Crippen molar-refractivity contribution >= 4 is 5.69 Å². The lowest BCUT2D eigenvalue weighted by Crippen LogP contribution is -1.91. The van der Waals surface area contributed by atoms with Crippen LogP contribution in [0, 0.1) is 30.0 Å². The van der Waals surface area contributed by atoms with E-state index in [9.17, 15) is 10.1 Å². The van der Waals surface area contributed by atoms with Gasteiger partial charge in [0.1, 0.15) is 0 Å². The van der Waals surface area contributed by atoms with Crippen LogP contribution in [0.15, 0.2) is 36.4 Å². The number of aryl methyl sites for hydroxylation is 2. The number of non-ortho nitro benzene ring substituents is 1. The lowest BCUT2D eigenvalue weighted by Gasteiger charge is -2.09. The number of hydrogen-bond acceptors (Lipinski definition) is 2. The lowest BCUT2D eigenvalue weighted by atomic mass is 9.96. The van der Waals surface area contributed by atoms with Gasteiger partial charge in [-0.05, 0) is 48.2 Å². The third kappa shape index (κ3) is 2.18. The average Bonchev–Trinajstić information content (AvgIpc) is 2.29. The Morgan fingerprint density at radius 1 is 1.18 bits per heavy atom. The van der Waals surface area contributed by atoms with E-state index in [1.54, 1.807) is 12.1 Å². The Balaban J connectivity index is 2.61. The second-order valence-corrected chi connectivity index (χ2v) is 3.98. The Kier molecular flexibility index (Phi) is 2.91. The fourth-order valence-electron chi connectivity index (χ4n) is 1.95. The smallest absolute Gasteiger partial charge is 0.258 e. The molecule has 85 valence electrons. The van der Waals surface area contributed by atoms with Crippen LogP contribution >= 0.6 is 0 Å². The maximum absolute atomic E-state index is 10.7. The summed E-state index contributed by atoms with van der Waals surface area (Å²) in [7, 11) is 0. The Morgan fingerprint density at radius 2 is 1.82 bits per heavy atom. The standard InChI is InChI=1S/C14H12NO2/c1-10-5-3-6-11(2)14(10)12-7-4-8-13(9-12)15(16)17/h3-6,8-9H,1-2H3. The molecule has 0 fully saturated rings. The van der Waals surface area contributed by atoms with Crippen LogP contribution in [0.25, 0.3) is 11.1 Å². The molecule has 1 radical (unpaired) electrons. The maximum Gasteiger partial charge on any atom is 0.270 e. The number of nitro groups is 1. The molecule has 0 unspecified atom stereocenters. The second kappa shape index (κ2) is 4.37. The van der Waals surface area contributed by atoms with Gasteiger partial charge in [0.2, 0.25) is 0 Å². The Morgan fingerprint density at radius 3 is 2.41 bits per heavy atom. The second-order valence-electron chi connectivity index (χ2n) is 3.98. The molecule has 0 saturated heterocycles. The van der Waals surface area contributed by atoms with Crippen molar-refractivity contribution in [1.29, 1.82) is 0 Å². The van der Waals surface area contributed by atoms with E-state index in [0.717, 1.165) is 22.3 Å². The zero-order valence-corrected chi connectivity index (χ0v) is 9.73. The molecule has 0 N–H and O–H groups in total. The average molecular weight is 226 g/mol. The zero-order chi connectivity index (χ0) is 12.4. The highest BCUT2D eigenvalue weighted by Crippen LogP contribution is 2.28. The fraction of sp³-hybridized carbons (Fsp3) is 0.143. The first-order valence-electron chi connectivity index (χ1n) is 5.32. The number of benzene rings is 2. The topological polar surface area (TPSA) is 43.1 Å². The first kappa shape index (κ1) is 11.3. The highest BCUT2D eigenvalue weighted by Gasteiger charge is 2.10. The van der Waals surface area contributed by atoms with Gasteiger partial charge in [-0.3, -0.25) is 10.1 Å². The van der Waals surface area contributed by atoms with Crippen molar-refractivity contribution in [3.8, 4) is 11.1 Å². The van der Waals surface area contributed by atoms with E-state index in [-0.39, 0.29) is 10.6 Å². The molecule has 0 aliphatic carbocycles. The third-order valence-corrected chi connectivity index (χ3v) is 2.75. The summed E-state index contributed by atoms with van der Waals surface area (Å²) in [5.41, 5.74) is 4.09. The first-order valence-corrected chi connectivity index (χ1v) is 5.32. The van der Waals surface area contributed by atoms with Gasteiger partial charge in [0.05, 0.1) is 4.92 Å². The molecule has 0 amide bonds. The van der Waals surface area contributed by atoms with E-state index in [1.165, 1.54) is 6.07 Å². The van der Waals surface area contributed by atoms with Gasteiger partial charge in [0.25, 0.3) is 5.69 Å². The van der Waals surface area contributed by atoms with Gasteiger partial charge in [0.15, 0.2) is 0 Å².